The molecule has 2 nitrogen and oxygen atoms in total. The molecule has 20 heavy (non-hydrogen) atoms. The Balaban J connectivity index is 1.99. The SMILES string of the molecule is Cc1cccc(C(Br)c2ccc3c(c2)CC(=O)N3)c1F. The fraction of sp³-hybridized carbons (Fsp3) is 0.188. The lowest BCUT2D eigenvalue weighted by molar-refractivity contribution is -0.115. The van der Waals surface area contributed by atoms with E-state index in [1.54, 1.807) is 19.1 Å². The van der Waals surface area contributed by atoms with Crippen molar-refractivity contribution in [3.8, 4) is 0 Å². The summed E-state index contributed by atoms with van der Waals surface area (Å²) in [6.07, 6.45) is 0.388. The van der Waals surface area contributed by atoms with Crippen molar-refractivity contribution in [2.24, 2.45) is 0 Å². The number of alkyl halides is 1. The van der Waals surface area contributed by atoms with Gasteiger partial charge < -0.3 is 5.32 Å². The van der Waals surface area contributed by atoms with E-state index in [1.807, 2.05) is 24.3 Å². The van der Waals surface area contributed by atoms with Crippen LogP contribution in [0.4, 0.5) is 10.1 Å². The molecule has 0 saturated carbocycles. The Bertz CT molecular complexity index is 699. The third-order valence-corrected chi connectivity index (χ3v) is 4.56. The number of nitrogens with one attached hydrogen (secondary N) is 1. The van der Waals surface area contributed by atoms with Gasteiger partial charge in [-0.05, 0) is 29.7 Å². The van der Waals surface area contributed by atoms with E-state index in [0.29, 0.717) is 17.5 Å². The number of aryl methyl sites for hydroxylation is 1. The molecular formula is C16H13BrFNO. The van der Waals surface area contributed by atoms with Crippen LogP contribution >= 0.6 is 15.9 Å². The molecule has 1 heterocycles. The lowest BCUT2D eigenvalue weighted by Gasteiger charge is -2.14. The van der Waals surface area contributed by atoms with Crippen LogP contribution < -0.4 is 5.32 Å². The summed E-state index contributed by atoms with van der Waals surface area (Å²) < 4.78 is 14.2. The molecular weight excluding hydrogens is 321 g/mol. The first-order chi connectivity index (χ1) is 9.56. The molecule has 102 valence electrons. The van der Waals surface area contributed by atoms with Gasteiger partial charge in [-0.1, -0.05) is 46.3 Å². The Morgan fingerprint density at radius 3 is 2.90 bits per heavy atom. The smallest absolute Gasteiger partial charge is 0.228 e. The average Bonchev–Trinajstić information content (AvgIpc) is 2.80. The van der Waals surface area contributed by atoms with Gasteiger partial charge in [0.15, 0.2) is 0 Å². The molecule has 1 atom stereocenters. The van der Waals surface area contributed by atoms with Crippen molar-refractivity contribution in [2.45, 2.75) is 18.2 Å². The van der Waals surface area contributed by atoms with Crippen molar-refractivity contribution in [1.29, 1.82) is 0 Å². The number of rotatable bonds is 2. The predicted octanol–water partition coefficient (Wildman–Crippen LogP) is 4.11. The topological polar surface area (TPSA) is 29.1 Å². The first-order valence-electron chi connectivity index (χ1n) is 6.38. The van der Waals surface area contributed by atoms with Crippen molar-refractivity contribution >= 4 is 27.5 Å². The summed E-state index contributed by atoms with van der Waals surface area (Å²) in [6.45, 7) is 1.75. The molecule has 0 fully saturated rings. The molecule has 0 spiro atoms. The van der Waals surface area contributed by atoms with Crippen LogP contribution in [0, 0.1) is 12.7 Å². The van der Waals surface area contributed by atoms with Gasteiger partial charge in [-0.15, -0.1) is 0 Å². The van der Waals surface area contributed by atoms with E-state index in [-0.39, 0.29) is 16.6 Å². The van der Waals surface area contributed by atoms with Crippen LogP contribution in [0.2, 0.25) is 0 Å². The Kier molecular flexibility index (Phi) is 3.34. The molecule has 1 N–H and O–H groups in total. The first kappa shape index (κ1) is 13.3. The molecule has 0 saturated heterocycles. The summed E-state index contributed by atoms with van der Waals surface area (Å²) in [5.41, 5.74) is 4.00. The van der Waals surface area contributed by atoms with E-state index < -0.39 is 0 Å². The number of carbonyl (C=O) groups is 1. The summed E-state index contributed by atoms with van der Waals surface area (Å²) in [5.74, 6) is -0.186. The summed E-state index contributed by atoms with van der Waals surface area (Å²) in [4.78, 5) is 11.1. The van der Waals surface area contributed by atoms with Crippen LogP contribution in [0.1, 0.15) is 27.1 Å². The van der Waals surface area contributed by atoms with E-state index in [1.165, 1.54) is 0 Å². The largest absolute Gasteiger partial charge is 0.326 e. The standard InChI is InChI=1S/C16H13BrFNO/c1-9-3-2-4-12(16(9)18)15(17)10-5-6-13-11(7-10)8-14(20)19-13/h2-7,15H,8H2,1H3,(H,19,20). The highest BCUT2D eigenvalue weighted by Crippen LogP contribution is 2.36. The number of amides is 1. The molecule has 0 bridgehead atoms. The van der Waals surface area contributed by atoms with Crippen molar-refractivity contribution < 1.29 is 9.18 Å². The van der Waals surface area contributed by atoms with E-state index in [2.05, 4.69) is 21.2 Å². The second-order valence-corrected chi connectivity index (χ2v) is 5.90. The minimum absolute atomic E-state index is 0.00464. The number of anilines is 1. The molecule has 4 heteroatoms. The van der Waals surface area contributed by atoms with Gasteiger partial charge in [0, 0.05) is 11.3 Å². The summed E-state index contributed by atoms with van der Waals surface area (Å²) >= 11 is 3.56. The zero-order chi connectivity index (χ0) is 14.3. The number of hydrogen-bond donors (Lipinski definition) is 1. The lowest BCUT2D eigenvalue weighted by atomic mass is 9.99. The zero-order valence-corrected chi connectivity index (χ0v) is 12.5. The maximum absolute atomic E-state index is 14.2. The number of halogens is 2. The highest BCUT2D eigenvalue weighted by Gasteiger charge is 2.21. The minimum Gasteiger partial charge on any atom is -0.326 e. The van der Waals surface area contributed by atoms with E-state index >= 15 is 0 Å². The summed E-state index contributed by atoms with van der Waals surface area (Å²) in [6, 6.07) is 11.1. The van der Waals surface area contributed by atoms with Crippen molar-refractivity contribution in [1.82, 2.24) is 0 Å². The van der Waals surface area contributed by atoms with E-state index in [0.717, 1.165) is 16.8 Å². The van der Waals surface area contributed by atoms with Crippen LogP contribution in [-0.4, -0.2) is 5.91 Å². The molecule has 3 rings (SSSR count). The quantitative estimate of drug-likeness (QED) is 0.823. The fourth-order valence-electron chi connectivity index (χ4n) is 2.45. The molecule has 1 unspecified atom stereocenters. The maximum atomic E-state index is 14.2. The van der Waals surface area contributed by atoms with Gasteiger partial charge in [-0.2, -0.15) is 0 Å². The Hall–Kier alpha value is -1.68. The number of carbonyl (C=O) groups excluding carboxylic acids is 1. The van der Waals surface area contributed by atoms with Gasteiger partial charge in [-0.3, -0.25) is 4.79 Å². The van der Waals surface area contributed by atoms with Gasteiger partial charge in [0.2, 0.25) is 5.91 Å². The third-order valence-electron chi connectivity index (χ3n) is 3.54. The third kappa shape index (κ3) is 2.24. The van der Waals surface area contributed by atoms with Crippen LogP contribution in [-0.2, 0) is 11.2 Å². The van der Waals surface area contributed by atoms with Gasteiger partial charge in [0.1, 0.15) is 5.82 Å². The van der Waals surface area contributed by atoms with Gasteiger partial charge in [-0.25, -0.2) is 4.39 Å². The van der Waals surface area contributed by atoms with Gasteiger partial charge >= 0.3 is 0 Å². The van der Waals surface area contributed by atoms with Gasteiger partial charge in [0.25, 0.3) is 0 Å². The highest BCUT2D eigenvalue weighted by molar-refractivity contribution is 9.09. The molecule has 1 aliphatic rings. The molecule has 0 aliphatic carbocycles. The molecule has 2 aromatic carbocycles. The number of benzene rings is 2. The normalized spacial score (nSPS) is 14.8. The molecule has 1 aliphatic heterocycles. The van der Waals surface area contributed by atoms with Crippen LogP contribution in [0.15, 0.2) is 36.4 Å². The Morgan fingerprint density at radius 2 is 2.10 bits per heavy atom. The fourth-order valence-corrected chi connectivity index (χ4v) is 3.09. The maximum Gasteiger partial charge on any atom is 0.228 e. The first-order valence-corrected chi connectivity index (χ1v) is 7.29. The lowest BCUT2D eigenvalue weighted by Crippen LogP contribution is -2.03. The minimum atomic E-state index is -0.219. The average molecular weight is 334 g/mol. The van der Waals surface area contributed by atoms with Crippen molar-refractivity contribution in [3.05, 3.63) is 64.5 Å². The Labute approximate surface area is 125 Å². The predicted molar refractivity (Wildman–Crippen MR) is 80.7 cm³/mol. The summed E-state index contributed by atoms with van der Waals surface area (Å²) in [7, 11) is 0. The monoisotopic (exact) mass is 333 g/mol. The van der Waals surface area contributed by atoms with Crippen molar-refractivity contribution in [3.63, 3.8) is 0 Å². The summed E-state index contributed by atoms with van der Waals surface area (Å²) in [5, 5.41) is 2.80. The van der Waals surface area contributed by atoms with E-state index in [4.69, 9.17) is 0 Å². The van der Waals surface area contributed by atoms with Crippen LogP contribution in [0.3, 0.4) is 0 Å². The molecule has 2 aromatic rings. The van der Waals surface area contributed by atoms with Crippen molar-refractivity contribution in [2.75, 3.05) is 5.32 Å². The Morgan fingerprint density at radius 1 is 1.30 bits per heavy atom. The van der Waals surface area contributed by atoms with E-state index in [9.17, 15) is 9.18 Å². The second kappa shape index (κ2) is 5.02. The van der Waals surface area contributed by atoms with Crippen LogP contribution in [0.5, 0.6) is 0 Å². The number of hydrogen-bond acceptors (Lipinski definition) is 1. The van der Waals surface area contributed by atoms with Crippen LogP contribution in [0.25, 0.3) is 0 Å². The number of fused-ring (bicyclic) bond motifs is 1. The molecule has 0 radical (unpaired) electrons. The highest BCUT2D eigenvalue weighted by atomic mass is 79.9. The van der Waals surface area contributed by atoms with Gasteiger partial charge in [0.05, 0.1) is 11.2 Å². The molecule has 1 amide bonds. The molecule has 0 aromatic heterocycles. The second-order valence-electron chi connectivity index (χ2n) is 4.98. The zero-order valence-electron chi connectivity index (χ0n) is 10.9.